The number of carboxylic acid groups (broad SMARTS) is 1. The van der Waals surface area contributed by atoms with Gasteiger partial charge in [0.2, 0.25) is 0 Å². The number of carboxylic acids is 1. The minimum Gasteiger partial charge on any atom is -0.480 e. The second-order valence-corrected chi connectivity index (χ2v) is 5.21. The lowest BCUT2D eigenvalue weighted by Gasteiger charge is -2.26. The van der Waals surface area contributed by atoms with Crippen LogP contribution in [0.1, 0.15) is 39.0 Å². The van der Waals surface area contributed by atoms with E-state index in [1.807, 2.05) is 0 Å². The normalized spacial score (nSPS) is 26.7. The Hall–Kier alpha value is -0.610. The molecule has 2 N–H and O–H groups in total. The van der Waals surface area contributed by atoms with Crippen molar-refractivity contribution in [1.82, 2.24) is 5.32 Å². The van der Waals surface area contributed by atoms with Gasteiger partial charge in [0.15, 0.2) is 0 Å². The third-order valence-electron chi connectivity index (χ3n) is 3.71. The quantitative estimate of drug-likeness (QED) is 0.717. The van der Waals surface area contributed by atoms with Gasteiger partial charge in [-0.3, -0.25) is 4.79 Å². The van der Waals surface area contributed by atoms with Crippen LogP contribution in [0.25, 0.3) is 0 Å². The molecule has 4 heteroatoms. The van der Waals surface area contributed by atoms with Crippen LogP contribution in [-0.2, 0) is 9.53 Å². The first-order valence-corrected chi connectivity index (χ1v) is 6.58. The van der Waals surface area contributed by atoms with E-state index < -0.39 is 12.0 Å². The van der Waals surface area contributed by atoms with Gasteiger partial charge in [0, 0.05) is 7.11 Å². The maximum atomic E-state index is 10.9. The molecule has 0 aliphatic heterocycles. The topological polar surface area (TPSA) is 58.6 Å². The summed E-state index contributed by atoms with van der Waals surface area (Å²) in [5.41, 5.74) is 0. The second kappa shape index (κ2) is 7.67. The molecule has 17 heavy (non-hydrogen) atoms. The molecule has 1 aliphatic carbocycles. The number of hydrogen-bond acceptors (Lipinski definition) is 3. The van der Waals surface area contributed by atoms with Crippen molar-refractivity contribution in [3.05, 3.63) is 0 Å². The lowest BCUT2D eigenvalue weighted by molar-refractivity contribution is -0.140. The summed E-state index contributed by atoms with van der Waals surface area (Å²) in [6.07, 6.45) is 6.33. The minimum atomic E-state index is -0.830. The highest BCUT2D eigenvalue weighted by molar-refractivity contribution is 5.73. The zero-order valence-corrected chi connectivity index (χ0v) is 10.9. The highest BCUT2D eigenvalue weighted by atomic mass is 16.5. The van der Waals surface area contributed by atoms with E-state index in [1.54, 1.807) is 0 Å². The average Bonchev–Trinajstić information content (AvgIpc) is 2.30. The average molecular weight is 243 g/mol. The molecule has 0 bridgehead atoms. The Balaban J connectivity index is 2.15. The van der Waals surface area contributed by atoms with Gasteiger partial charge < -0.3 is 15.2 Å². The van der Waals surface area contributed by atoms with E-state index >= 15 is 0 Å². The number of aliphatic carboxylic acids is 1. The summed E-state index contributed by atoms with van der Waals surface area (Å²) >= 11 is 0. The van der Waals surface area contributed by atoms with Crippen LogP contribution in [0.2, 0.25) is 0 Å². The molecule has 1 atom stereocenters. The predicted molar refractivity (Wildman–Crippen MR) is 67.0 cm³/mol. The fourth-order valence-electron chi connectivity index (χ4n) is 2.46. The fourth-order valence-corrected chi connectivity index (χ4v) is 2.46. The van der Waals surface area contributed by atoms with E-state index in [0.29, 0.717) is 0 Å². The predicted octanol–water partition coefficient (Wildman–Crippen LogP) is 1.89. The molecule has 0 radical (unpaired) electrons. The molecule has 1 aliphatic rings. The van der Waals surface area contributed by atoms with E-state index in [-0.39, 0.29) is 6.61 Å². The van der Waals surface area contributed by atoms with Crippen LogP contribution in [0, 0.1) is 11.8 Å². The van der Waals surface area contributed by atoms with Crippen molar-refractivity contribution in [3.8, 4) is 0 Å². The Bertz CT molecular complexity index is 225. The molecule has 1 fully saturated rings. The summed E-state index contributed by atoms with van der Waals surface area (Å²) in [5.74, 6) is 0.819. The lowest BCUT2D eigenvalue weighted by atomic mass is 9.81. The SMILES string of the molecule is COCC(NCCC1CCC(C)CC1)C(=O)O. The smallest absolute Gasteiger partial charge is 0.323 e. The molecule has 1 saturated carbocycles. The maximum absolute atomic E-state index is 10.9. The first kappa shape index (κ1) is 14.5. The molecule has 0 amide bonds. The fraction of sp³-hybridized carbons (Fsp3) is 0.923. The summed E-state index contributed by atoms with van der Waals surface area (Å²) < 4.78 is 4.88. The molecule has 0 aromatic rings. The molecule has 0 aromatic heterocycles. The van der Waals surface area contributed by atoms with Crippen LogP contribution in [-0.4, -0.2) is 37.4 Å². The van der Waals surface area contributed by atoms with Crippen LogP contribution in [0.3, 0.4) is 0 Å². The van der Waals surface area contributed by atoms with Crippen LogP contribution in [0.4, 0.5) is 0 Å². The van der Waals surface area contributed by atoms with Gasteiger partial charge >= 0.3 is 5.97 Å². The summed E-state index contributed by atoms with van der Waals surface area (Å²) in [5, 5.41) is 12.0. The van der Waals surface area contributed by atoms with Gasteiger partial charge in [-0.25, -0.2) is 0 Å². The van der Waals surface area contributed by atoms with E-state index in [0.717, 1.165) is 24.8 Å². The van der Waals surface area contributed by atoms with Crippen molar-refractivity contribution in [3.63, 3.8) is 0 Å². The summed E-state index contributed by atoms with van der Waals surface area (Å²) in [4.78, 5) is 10.9. The maximum Gasteiger partial charge on any atom is 0.323 e. The molecule has 0 heterocycles. The summed E-state index contributed by atoms with van der Waals surface area (Å²) in [6, 6.07) is -0.567. The van der Waals surface area contributed by atoms with Crippen molar-refractivity contribution in [1.29, 1.82) is 0 Å². The number of hydrogen-bond donors (Lipinski definition) is 2. The van der Waals surface area contributed by atoms with Gasteiger partial charge in [-0.15, -0.1) is 0 Å². The van der Waals surface area contributed by atoms with Crippen LogP contribution in [0.15, 0.2) is 0 Å². The van der Waals surface area contributed by atoms with Crippen LogP contribution < -0.4 is 5.32 Å². The summed E-state index contributed by atoms with van der Waals surface area (Å²) in [7, 11) is 1.53. The lowest BCUT2D eigenvalue weighted by Crippen LogP contribution is -2.41. The Morgan fingerprint density at radius 1 is 1.41 bits per heavy atom. The monoisotopic (exact) mass is 243 g/mol. The van der Waals surface area contributed by atoms with E-state index in [1.165, 1.54) is 32.8 Å². The van der Waals surface area contributed by atoms with Gasteiger partial charge in [0.25, 0.3) is 0 Å². The molecule has 0 spiro atoms. The van der Waals surface area contributed by atoms with Crippen LogP contribution >= 0.6 is 0 Å². The van der Waals surface area contributed by atoms with Gasteiger partial charge in [-0.2, -0.15) is 0 Å². The van der Waals surface area contributed by atoms with Crippen molar-refractivity contribution in [2.75, 3.05) is 20.3 Å². The van der Waals surface area contributed by atoms with Crippen molar-refractivity contribution in [2.24, 2.45) is 11.8 Å². The van der Waals surface area contributed by atoms with Crippen molar-refractivity contribution < 1.29 is 14.6 Å². The van der Waals surface area contributed by atoms with Gasteiger partial charge in [-0.05, 0) is 24.8 Å². The number of methoxy groups -OCH3 is 1. The number of ether oxygens (including phenoxy) is 1. The van der Waals surface area contributed by atoms with E-state index in [2.05, 4.69) is 12.2 Å². The summed E-state index contributed by atoms with van der Waals surface area (Å²) in [6.45, 7) is 3.32. The molecule has 1 unspecified atom stereocenters. The number of rotatable bonds is 7. The standard InChI is InChI=1S/C13H25NO3/c1-10-3-5-11(6-4-10)7-8-14-12(9-17-2)13(15)16/h10-12,14H,3-9H2,1-2H3,(H,15,16). The highest BCUT2D eigenvalue weighted by Gasteiger charge is 2.20. The second-order valence-electron chi connectivity index (χ2n) is 5.21. The molecular formula is C13H25NO3. The van der Waals surface area contributed by atoms with E-state index in [9.17, 15) is 4.79 Å². The Morgan fingerprint density at radius 2 is 2.06 bits per heavy atom. The first-order valence-electron chi connectivity index (χ1n) is 6.58. The molecular weight excluding hydrogens is 218 g/mol. The first-order chi connectivity index (χ1) is 8.13. The van der Waals surface area contributed by atoms with Gasteiger partial charge in [0.05, 0.1) is 6.61 Å². The zero-order chi connectivity index (χ0) is 12.7. The molecule has 4 nitrogen and oxygen atoms in total. The van der Waals surface area contributed by atoms with Gasteiger partial charge in [-0.1, -0.05) is 32.6 Å². The zero-order valence-electron chi connectivity index (χ0n) is 10.9. The largest absolute Gasteiger partial charge is 0.480 e. The number of nitrogens with one attached hydrogen (secondary N) is 1. The van der Waals surface area contributed by atoms with Gasteiger partial charge in [0.1, 0.15) is 6.04 Å². The van der Waals surface area contributed by atoms with Crippen molar-refractivity contribution in [2.45, 2.75) is 45.1 Å². The molecule has 0 saturated heterocycles. The molecule has 0 aromatic carbocycles. The Kier molecular flexibility index (Phi) is 6.52. The minimum absolute atomic E-state index is 0.233. The number of carbonyl (C=O) groups is 1. The highest BCUT2D eigenvalue weighted by Crippen LogP contribution is 2.29. The Labute approximate surface area is 104 Å². The molecule has 1 rings (SSSR count). The van der Waals surface area contributed by atoms with E-state index in [4.69, 9.17) is 9.84 Å². The third-order valence-corrected chi connectivity index (χ3v) is 3.71. The van der Waals surface area contributed by atoms with Crippen LogP contribution in [0.5, 0.6) is 0 Å². The van der Waals surface area contributed by atoms with Crippen molar-refractivity contribution >= 4 is 5.97 Å². The third kappa shape index (κ3) is 5.50. The molecule has 100 valence electrons. The Morgan fingerprint density at radius 3 is 2.59 bits per heavy atom.